The van der Waals surface area contributed by atoms with Crippen molar-refractivity contribution in [1.82, 2.24) is 4.98 Å². The number of aromatic carboxylic acids is 1. The molecule has 21 heavy (non-hydrogen) atoms. The Morgan fingerprint density at radius 2 is 2.10 bits per heavy atom. The van der Waals surface area contributed by atoms with Gasteiger partial charge in [-0.05, 0) is 29.1 Å². The van der Waals surface area contributed by atoms with Crippen molar-refractivity contribution in [2.45, 2.75) is 10.6 Å². The Kier molecular flexibility index (Phi) is 3.81. The first-order chi connectivity index (χ1) is 10.1. The number of rotatable bonds is 4. The lowest BCUT2D eigenvalue weighted by molar-refractivity contribution is 0.0701. The number of hydrogen-bond acceptors (Lipinski definition) is 5. The molecule has 3 aromatic rings. The molecule has 1 aromatic carbocycles. The van der Waals surface area contributed by atoms with Gasteiger partial charge < -0.3 is 10.8 Å². The summed E-state index contributed by atoms with van der Waals surface area (Å²) < 4.78 is 1.00. The van der Waals surface area contributed by atoms with Crippen LogP contribution in [0, 0.1) is 0 Å². The molecule has 0 unspecified atom stereocenters. The Morgan fingerprint density at radius 3 is 2.81 bits per heavy atom. The highest BCUT2D eigenvalue weighted by molar-refractivity contribution is 7.98. The number of nitrogen functional groups attached to an aromatic ring is 1. The molecule has 0 spiro atoms. The van der Waals surface area contributed by atoms with E-state index in [1.807, 2.05) is 30.3 Å². The number of nitrogens with zero attached hydrogens (tertiary/aromatic N) is 1. The summed E-state index contributed by atoms with van der Waals surface area (Å²) in [6, 6.07) is 11.4. The van der Waals surface area contributed by atoms with E-state index in [1.54, 1.807) is 24.0 Å². The molecule has 0 atom stereocenters. The molecule has 106 valence electrons. The predicted octanol–water partition coefficient (Wildman–Crippen LogP) is 3.87. The maximum absolute atomic E-state index is 11.4. The monoisotopic (exact) mass is 316 g/mol. The highest BCUT2D eigenvalue weighted by Gasteiger charge is 2.17. The van der Waals surface area contributed by atoms with Crippen molar-refractivity contribution < 1.29 is 9.90 Å². The maximum atomic E-state index is 11.4. The molecule has 0 radical (unpaired) electrons. The Labute approximate surface area is 129 Å². The molecule has 3 N–H and O–H groups in total. The zero-order chi connectivity index (χ0) is 14.8. The molecule has 0 saturated heterocycles. The number of pyridine rings is 1. The van der Waals surface area contributed by atoms with Crippen LogP contribution in [-0.2, 0) is 5.75 Å². The third-order valence-electron chi connectivity index (χ3n) is 3.03. The van der Waals surface area contributed by atoms with E-state index in [4.69, 9.17) is 5.73 Å². The largest absolute Gasteiger partial charge is 0.477 e. The van der Waals surface area contributed by atoms with Crippen molar-refractivity contribution in [3.8, 4) is 0 Å². The van der Waals surface area contributed by atoms with Crippen LogP contribution >= 0.6 is 23.1 Å². The first kappa shape index (κ1) is 13.9. The molecule has 2 aromatic heterocycles. The Bertz CT molecular complexity index is 797. The van der Waals surface area contributed by atoms with Gasteiger partial charge in [-0.2, -0.15) is 0 Å². The minimum atomic E-state index is -0.873. The zero-order valence-electron chi connectivity index (χ0n) is 10.9. The van der Waals surface area contributed by atoms with Gasteiger partial charge in [0.2, 0.25) is 0 Å². The highest BCUT2D eigenvalue weighted by Crippen LogP contribution is 2.35. The number of carboxylic acids is 1. The molecule has 0 amide bonds. The Morgan fingerprint density at radius 1 is 1.29 bits per heavy atom. The van der Waals surface area contributed by atoms with Gasteiger partial charge in [0.1, 0.15) is 10.7 Å². The van der Waals surface area contributed by atoms with Crippen LogP contribution in [0.4, 0.5) is 5.82 Å². The number of hydrogen-bond donors (Lipinski definition) is 2. The molecule has 4 nitrogen and oxygen atoms in total. The minimum absolute atomic E-state index is 0.409. The third kappa shape index (κ3) is 2.86. The van der Waals surface area contributed by atoms with Gasteiger partial charge in [-0.3, -0.25) is 0 Å². The standard InChI is InChI=1S/C15H12N2O2S2/c16-13-6-5-9(7-17-13)20-8-11-10-3-1-2-4-12(10)21-14(11)15(18)19/h1-7H,8H2,(H2,16,17)(H,18,19). The first-order valence-corrected chi connectivity index (χ1v) is 8.03. The van der Waals surface area contributed by atoms with Crippen LogP contribution in [0.2, 0.25) is 0 Å². The van der Waals surface area contributed by atoms with Crippen LogP contribution < -0.4 is 5.73 Å². The van der Waals surface area contributed by atoms with Gasteiger partial charge in [-0.15, -0.1) is 23.1 Å². The number of fused-ring (bicyclic) bond motifs is 1. The van der Waals surface area contributed by atoms with Crippen LogP contribution in [0.5, 0.6) is 0 Å². The van der Waals surface area contributed by atoms with Gasteiger partial charge in [0.15, 0.2) is 0 Å². The Balaban J connectivity index is 1.93. The SMILES string of the molecule is Nc1ccc(SCc2c(C(=O)O)sc3ccccc23)cn1. The van der Waals surface area contributed by atoms with Gasteiger partial charge >= 0.3 is 5.97 Å². The van der Waals surface area contributed by atoms with E-state index < -0.39 is 5.97 Å². The van der Waals surface area contributed by atoms with E-state index in [0.717, 1.165) is 20.5 Å². The van der Waals surface area contributed by atoms with E-state index in [2.05, 4.69) is 4.98 Å². The second-order valence-corrected chi connectivity index (χ2v) is 6.52. The number of nitrogens with two attached hydrogens (primary N) is 1. The number of thioether (sulfide) groups is 1. The van der Waals surface area contributed by atoms with Crippen molar-refractivity contribution in [2.75, 3.05) is 5.73 Å². The van der Waals surface area contributed by atoms with Gasteiger partial charge in [-0.25, -0.2) is 9.78 Å². The fourth-order valence-corrected chi connectivity index (χ4v) is 4.10. The van der Waals surface area contributed by atoms with E-state index >= 15 is 0 Å². The normalized spacial score (nSPS) is 10.9. The second-order valence-electron chi connectivity index (χ2n) is 4.42. The smallest absolute Gasteiger partial charge is 0.346 e. The second kappa shape index (κ2) is 5.75. The van der Waals surface area contributed by atoms with Crippen molar-refractivity contribution in [1.29, 1.82) is 0 Å². The quantitative estimate of drug-likeness (QED) is 0.715. The molecule has 0 aliphatic carbocycles. The summed E-state index contributed by atoms with van der Waals surface area (Å²) in [6.07, 6.45) is 1.70. The van der Waals surface area contributed by atoms with Crippen molar-refractivity contribution >= 4 is 45.0 Å². The average molecular weight is 316 g/mol. The number of aromatic nitrogens is 1. The lowest BCUT2D eigenvalue weighted by Crippen LogP contribution is -1.96. The summed E-state index contributed by atoms with van der Waals surface area (Å²) in [7, 11) is 0. The van der Waals surface area contributed by atoms with Gasteiger partial charge in [-0.1, -0.05) is 18.2 Å². The van der Waals surface area contributed by atoms with Crippen LogP contribution in [0.3, 0.4) is 0 Å². The fourth-order valence-electron chi connectivity index (χ4n) is 2.05. The van der Waals surface area contributed by atoms with E-state index in [-0.39, 0.29) is 0 Å². The van der Waals surface area contributed by atoms with Gasteiger partial charge in [0.25, 0.3) is 0 Å². The van der Waals surface area contributed by atoms with E-state index in [0.29, 0.717) is 16.4 Å². The fraction of sp³-hybridized carbons (Fsp3) is 0.0667. The van der Waals surface area contributed by atoms with E-state index in [1.165, 1.54) is 11.3 Å². The molecule has 2 heterocycles. The van der Waals surface area contributed by atoms with Gasteiger partial charge in [0.05, 0.1) is 0 Å². The number of benzene rings is 1. The predicted molar refractivity (Wildman–Crippen MR) is 87.0 cm³/mol. The molecule has 0 saturated carbocycles. The van der Waals surface area contributed by atoms with Crippen LogP contribution in [0.25, 0.3) is 10.1 Å². The number of carboxylic acid groups (broad SMARTS) is 1. The molecule has 0 aliphatic rings. The molecule has 0 bridgehead atoms. The third-order valence-corrected chi connectivity index (χ3v) is 5.24. The summed E-state index contributed by atoms with van der Waals surface area (Å²) in [5.41, 5.74) is 6.42. The number of thiophene rings is 1. The first-order valence-electron chi connectivity index (χ1n) is 6.23. The van der Waals surface area contributed by atoms with Crippen molar-refractivity contribution in [2.24, 2.45) is 0 Å². The van der Waals surface area contributed by atoms with Gasteiger partial charge in [0, 0.05) is 21.5 Å². The molecular formula is C15H12N2O2S2. The van der Waals surface area contributed by atoms with Crippen LogP contribution in [0.15, 0.2) is 47.5 Å². The summed E-state index contributed by atoms with van der Waals surface area (Å²) in [6.45, 7) is 0. The molecule has 0 fully saturated rings. The number of carbonyl (C=O) groups is 1. The lowest BCUT2D eigenvalue weighted by atomic mass is 10.1. The summed E-state index contributed by atoms with van der Waals surface area (Å²) >= 11 is 2.88. The molecule has 6 heteroatoms. The topological polar surface area (TPSA) is 76.2 Å². The maximum Gasteiger partial charge on any atom is 0.346 e. The zero-order valence-corrected chi connectivity index (χ0v) is 12.6. The summed E-state index contributed by atoms with van der Waals surface area (Å²) in [4.78, 5) is 16.8. The molecular weight excluding hydrogens is 304 g/mol. The van der Waals surface area contributed by atoms with Crippen LogP contribution in [0.1, 0.15) is 15.2 Å². The summed E-state index contributed by atoms with van der Waals surface area (Å²) in [5, 5.41) is 10.4. The minimum Gasteiger partial charge on any atom is -0.477 e. The highest BCUT2D eigenvalue weighted by atomic mass is 32.2. The Hall–Kier alpha value is -2.05. The molecule has 3 rings (SSSR count). The van der Waals surface area contributed by atoms with Crippen LogP contribution in [-0.4, -0.2) is 16.1 Å². The number of anilines is 1. The van der Waals surface area contributed by atoms with Crippen molar-refractivity contribution in [3.05, 3.63) is 53.0 Å². The van der Waals surface area contributed by atoms with Crippen molar-refractivity contribution in [3.63, 3.8) is 0 Å². The van der Waals surface area contributed by atoms with E-state index in [9.17, 15) is 9.90 Å². The molecule has 0 aliphatic heterocycles. The lowest BCUT2D eigenvalue weighted by Gasteiger charge is -2.03. The average Bonchev–Trinajstić information content (AvgIpc) is 2.86. The summed E-state index contributed by atoms with van der Waals surface area (Å²) in [5.74, 6) is 0.200.